The Kier molecular flexibility index (Phi) is 9.15. The van der Waals surface area contributed by atoms with E-state index in [4.69, 9.17) is 28.6 Å². The monoisotopic (exact) mass is 459 g/mol. The summed E-state index contributed by atoms with van der Waals surface area (Å²) in [7, 11) is 0. The molecule has 1 aliphatic rings. The Morgan fingerprint density at radius 1 is 1.16 bits per heavy atom. The first-order valence-electron chi connectivity index (χ1n) is 11.1. The predicted molar refractivity (Wildman–Crippen MR) is 135 cm³/mol. The van der Waals surface area contributed by atoms with E-state index in [1.807, 2.05) is 25.1 Å². The molecule has 1 fully saturated rings. The maximum Gasteiger partial charge on any atom is 0.173 e. The van der Waals surface area contributed by atoms with Crippen LogP contribution in [0.3, 0.4) is 0 Å². The van der Waals surface area contributed by atoms with E-state index in [0.29, 0.717) is 5.92 Å². The van der Waals surface area contributed by atoms with Crippen molar-refractivity contribution in [1.29, 1.82) is 0 Å². The number of aryl methyl sites for hydroxylation is 1. The van der Waals surface area contributed by atoms with Gasteiger partial charge in [0.25, 0.3) is 0 Å². The normalized spacial score (nSPS) is 14.6. The number of morpholine rings is 1. The van der Waals surface area contributed by atoms with Gasteiger partial charge in [0.15, 0.2) is 5.11 Å². The molecule has 0 aliphatic carbocycles. The van der Waals surface area contributed by atoms with Gasteiger partial charge >= 0.3 is 0 Å². The summed E-state index contributed by atoms with van der Waals surface area (Å²) in [6, 6.07) is 14.8. The Bertz CT molecular complexity index is 850. The fraction of sp³-hybridized carbons (Fsp3) is 0.480. The maximum atomic E-state index is 6.18. The highest BCUT2D eigenvalue weighted by atomic mass is 35.5. The standard InChI is InChI=1S/C25H34ClN3OS/c1-19(2)22-7-5-21(6-8-22)18-29(12-4-11-28-13-15-30-16-14-28)25(31)27-23-9-10-24(26)20(3)17-23/h5-10,17,19H,4,11-16,18H2,1-3H3,(H,27,31). The molecular formula is C25H34ClN3OS. The number of hydrogen-bond acceptors (Lipinski definition) is 3. The lowest BCUT2D eigenvalue weighted by atomic mass is 10.0. The quantitative estimate of drug-likeness (QED) is 0.511. The third-order valence-electron chi connectivity index (χ3n) is 5.72. The van der Waals surface area contributed by atoms with Gasteiger partial charge in [-0.2, -0.15) is 0 Å². The van der Waals surface area contributed by atoms with Crippen molar-refractivity contribution < 1.29 is 4.74 Å². The van der Waals surface area contributed by atoms with E-state index in [0.717, 1.165) is 73.7 Å². The van der Waals surface area contributed by atoms with Crippen LogP contribution in [0.5, 0.6) is 0 Å². The highest BCUT2D eigenvalue weighted by molar-refractivity contribution is 7.80. The van der Waals surface area contributed by atoms with Gasteiger partial charge in [-0.3, -0.25) is 4.90 Å². The van der Waals surface area contributed by atoms with Gasteiger partial charge in [-0.25, -0.2) is 0 Å². The summed E-state index contributed by atoms with van der Waals surface area (Å²) in [5.74, 6) is 0.537. The van der Waals surface area contributed by atoms with Gasteiger partial charge in [0.1, 0.15) is 0 Å². The molecule has 0 amide bonds. The molecule has 0 aromatic heterocycles. The molecule has 3 rings (SSSR count). The van der Waals surface area contributed by atoms with Gasteiger partial charge in [-0.15, -0.1) is 0 Å². The van der Waals surface area contributed by atoms with Gasteiger partial charge in [0.2, 0.25) is 0 Å². The van der Waals surface area contributed by atoms with E-state index in [1.54, 1.807) is 0 Å². The minimum atomic E-state index is 0.537. The van der Waals surface area contributed by atoms with Gasteiger partial charge in [0.05, 0.1) is 13.2 Å². The molecule has 0 bridgehead atoms. The van der Waals surface area contributed by atoms with Crippen LogP contribution in [0.1, 0.15) is 42.9 Å². The minimum Gasteiger partial charge on any atom is -0.379 e. The van der Waals surface area contributed by atoms with Crippen LogP contribution in [-0.4, -0.2) is 54.3 Å². The number of rotatable bonds is 8. The first-order valence-corrected chi connectivity index (χ1v) is 11.9. The molecule has 0 atom stereocenters. The van der Waals surface area contributed by atoms with Crippen LogP contribution in [0.25, 0.3) is 0 Å². The van der Waals surface area contributed by atoms with Crippen LogP contribution in [0.4, 0.5) is 5.69 Å². The predicted octanol–water partition coefficient (Wildman–Crippen LogP) is 5.69. The third-order valence-corrected chi connectivity index (χ3v) is 6.51. The number of hydrogen-bond donors (Lipinski definition) is 1. The van der Waals surface area contributed by atoms with Gasteiger partial charge in [-0.05, 0) is 66.4 Å². The summed E-state index contributed by atoms with van der Waals surface area (Å²) >= 11 is 12.0. The molecular weight excluding hydrogens is 426 g/mol. The molecule has 1 aliphatic heterocycles. The van der Waals surface area contributed by atoms with Crippen LogP contribution in [0.15, 0.2) is 42.5 Å². The van der Waals surface area contributed by atoms with Crippen LogP contribution in [0.2, 0.25) is 5.02 Å². The molecule has 1 saturated heterocycles. The van der Waals surface area contributed by atoms with Crippen molar-refractivity contribution in [1.82, 2.24) is 9.80 Å². The van der Waals surface area contributed by atoms with E-state index in [-0.39, 0.29) is 0 Å². The molecule has 0 radical (unpaired) electrons. The number of nitrogens with one attached hydrogen (secondary N) is 1. The van der Waals surface area contributed by atoms with Crippen LogP contribution in [0, 0.1) is 6.92 Å². The fourth-order valence-electron chi connectivity index (χ4n) is 3.72. The summed E-state index contributed by atoms with van der Waals surface area (Å²) in [6.45, 7) is 12.9. The largest absolute Gasteiger partial charge is 0.379 e. The molecule has 0 saturated carbocycles. The van der Waals surface area contributed by atoms with Crippen LogP contribution in [-0.2, 0) is 11.3 Å². The number of halogens is 1. The Morgan fingerprint density at radius 3 is 2.52 bits per heavy atom. The van der Waals surface area contributed by atoms with Gasteiger partial charge in [0, 0.05) is 43.4 Å². The Morgan fingerprint density at radius 2 is 1.87 bits per heavy atom. The van der Waals surface area contributed by atoms with Gasteiger partial charge in [-0.1, -0.05) is 49.7 Å². The first kappa shape index (κ1) is 24.0. The highest BCUT2D eigenvalue weighted by Gasteiger charge is 2.14. The Labute approximate surface area is 197 Å². The number of ether oxygens (including phenoxy) is 1. The van der Waals surface area contributed by atoms with E-state index in [9.17, 15) is 0 Å². The fourth-order valence-corrected chi connectivity index (χ4v) is 4.11. The van der Waals surface area contributed by atoms with Crippen LogP contribution < -0.4 is 5.32 Å². The average Bonchev–Trinajstić information content (AvgIpc) is 2.76. The van der Waals surface area contributed by atoms with Gasteiger partial charge < -0.3 is 15.0 Å². The topological polar surface area (TPSA) is 27.7 Å². The van der Waals surface area contributed by atoms with Crippen molar-refractivity contribution in [2.24, 2.45) is 0 Å². The summed E-state index contributed by atoms with van der Waals surface area (Å²) in [4.78, 5) is 4.74. The molecule has 168 valence electrons. The minimum absolute atomic E-state index is 0.537. The van der Waals surface area contributed by atoms with E-state index < -0.39 is 0 Å². The number of anilines is 1. The number of nitrogens with zero attached hydrogens (tertiary/aromatic N) is 2. The lowest BCUT2D eigenvalue weighted by molar-refractivity contribution is 0.0368. The molecule has 31 heavy (non-hydrogen) atoms. The summed E-state index contributed by atoms with van der Waals surface area (Å²) in [5.41, 5.74) is 4.64. The van der Waals surface area contributed by atoms with Crippen LogP contribution >= 0.6 is 23.8 Å². The van der Waals surface area contributed by atoms with Crippen molar-refractivity contribution in [3.63, 3.8) is 0 Å². The van der Waals surface area contributed by atoms with E-state index >= 15 is 0 Å². The van der Waals surface area contributed by atoms with Crippen molar-refractivity contribution in [2.45, 2.75) is 39.7 Å². The second-order valence-electron chi connectivity index (χ2n) is 8.52. The second kappa shape index (κ2) is 11.8. The zero-order valence-corrected chi connectivity index (χ0v) is 20.4. The highest BCUT2D eigenvalue weighted by Crippen LogP contribution is 2.21. The average molecular weight is 460 g/mol. The molecule has 0 unspecified atom stereocenters. The summed E-state index contributed by atoms with van der Waals surface area (Å²) < 4.78 is 5.46. The SMILES string of the molecule is Cc1cc(NC(=S)N(CCCN2CCOCC2)Cc2ccc(C(C)C)cc2)ccc1Cl. The molecule has 1 heterocycles. The Balaban J connectivity index is 1.65. The molecule has 2 aromatic rings. The van der Waals surface area contributed by atoms with E-state index in [2.05, 4.69) is 53.2 Å². The summed E-state index contributed by atoms with van der Waals surface area (Å²) in [6.07, 6.45) is 1.06. The maximum absolute atomic E-state index is 6.18. The third kappa shape index (κ3) is 7.46. The summed E-state index contributed by atoms with van der Waals surface area (Å²) in [5, 5.41) is 4.93. The van der Waals surface area contributed by atoms with Crippen molar-refractivity contribution in [3.8, 4) is 0 Å². The first-order chi connectivity index (χ1) is 14.9. The zero-order valence-electron chi connectivity index (χ0n) is 18.9. The smallest absolute Gasteiger partial charge is 0.173 e. The molecule has 4 nitrogen and oxygen atoms in total. The lowest BCUT2D eigenvalue weighted by Gasteiger charge is -2.30. The lowest BCUT2D eigenvalue weighted by Crippen LogP contribution is -2.40. The Hall–Kier alpha value is -1.66. The van der Waals surface area contributed by atoms with Crippen molar-refractivity contribution >= 4 is 34.6 Å². The molecule has 1 N–H and O–H groups in total. The van der Waals surface area contributed by atoms with Crippen molar-refractivity contribution in [3.05, 3.63) is 64.2 Å². The molecule has 2 aromatic carbocycles. The number of thiocarbonyl (C=S) groups is 1. The van der Waals surface area contributed by atoms with Crippen molar-refractivity contribution in [2.75, 3.05) is 44.7 Å². The second-order valence-corrected chi connectivity index (χ2v) is 9.31. The molecule has 0 spiro atoms. The zero-order chi connectivity index (χ0) is 22.2. The van der Waals surface area contributed by atoms with E-state index in [1.165, 1.54) is 11.1 Å². The molecule has 6 heteroatoms. The number of benzene rings is 2.